The monoisotopic (exact) mass is 258 g/mol. The molecular weight excluding hydrogens is 248 g/mol. The van der Waals surface area contributed by atoms with E-state index >= 15 is 0 Å². The van der Waals surface area contributed by atoms with Gasteiger partial charge in [-0.05, 0) is 43.0 Å². The summed E-state index contributed by atoms with van der Waals surface area (Å²) in [5.41, 5.74) is 0. The molecule has 0 saturated heterocycles. The molecule has 13 heavy (non-hydrogen) atoms. The van der Waals surface area contributed by atoms with Crippen LogP contribution in [0.5, 0.6) is 0 Å². The van der Waals surface area contributed by atoms with Crippen LogP contribution in [-0.4, -0.2) is 19.0 Å². The fraction of sp³-hybridized carbons (Fsp3) is 0.444. The lowest BCUT2D eigenvalue weighted by Gasteiger charge is -2.14. The molecule has 0 spiro atoms. The quantitative estimate of drug-likeness (QED) is 0.816. The predicted molar refractivity (Wildman–Crippen MR) is 58.8 cm³/mol. The van der Waals surface area contributed by atoms with Crippen LogP contribution in [0.3, 0.4) is 0 Å². The zero-order chi connectivity index (χ0) is 10.0. The maximum Gasteiger partial charge on any atom is 0.132 e. The van der Waals surface area contributed by atoms with E-state index in [0.29, 0.717) is 0 Å². The van der Waals surface area contributed by atoms with Crippen LogP contribution in [0.25, 0.3) is 0 Å². The molecular formula is C9H11BrN2S. The number of hydrogen-bond donors (Lipinski definition) is 0. The largest absolute Gasteiger partial charge is 0.290 e. The number of thiophene rings is 1. The number of hydrogen-bond acceptors (Lipinski definition) is 3. The smallest absolute Gasteiger partial charge is 0.132 e. The van der Waals surface area contributed by atoms with Gasteiger partial charge in [0.2, 0.25) is 0 Å². The Morgan fingerprint density at radius 1 is 1.62 bits per heavy atom. The Balaban J connectivity index is 3.00. The molecule has 0 N–H and O–H groups in total. The summed E-state index contributed by atoms with van der Waals surface area (Å²) in [6, 6.07) is 4.17. The van der Waals surface area contributed by atoms with Crippen molar-refractivity contribution in [3.63, 3.8) is 0 Å². The molecule has 0 aromatic carbocycles. The topological polar surface area (TPSA) is 27.0 Å². The molecule has 2 nitrogen and oxygen atoms in total. The zero-order valence-corrected chi connectivity index (χ0v) is 10.2. The molecule has 70 valence electrons. The first-order valence-corrected chi connectivity index (χ1v) is 5.49. The Morgan fingerprint density at radius 3 is 2.54 bits per heavy atom. The maximum absolute atomic E-state index is 8.95. The summed E-state index contributed by atoms with van der Waals surface area (Å²) in [6.07, 6.45) is 0. The molecule has 0 bridgehead atoms. The Labute approximate surface area is 90.9 Å². The highest BCUT2D eigenvalue weighted by Crippen LogP contribution is 2.31. The van der Waals surface area contributed by atoms with Gasteiger partial charge in [0, 0.05) is 14.2 Å². The molecule has 1 unspecified atom stereocenters. The minimum absolute atomic E-state index is 0.130. The molecule has 0 aliphatic rings. The van der Waals surface area contributed by atoms with Crippen LogP contribution in [0.15, 0.2) is 10.5 Å². The summed E-state index contributed by atoms with van der Waals surface area (Å²) in [4.78, 5) is 4.23. The van der Waals surface area contributed by atoms with Crippen LogP contribution in [-0.2, 0) is 0 Å². The van der Waals surface area contributed by atoms with Crippen molar-refractivity contribution in [2.45, 2.75) is 13.0 Å². The number of nitriles is 1. The molecule has 0 amide bonds. The van der Waals surface area contributed by atoms with Crippen molar-refractivity contribution >= 4 is 27.3 Å². The molecule has 1 aromatic heterocycles. The fourth-order valence-corrected chi connectivity index (χ4v) is 2.75. The third kappa shape index (κ3) is 2.31. The van der Waals surface area contributed by atoms with Gasteiger partial charge in [-0.25, -0.2) is 0 Å². The lowest BCUT2D eigenvalue weighted by atomic mass is 10.2. The minimum Gasteiger partial charge on any atom is -0.290 e. The SMILES string of the molecule is Cc1sc(C(C#N)N(C)C)cc1Br. The van der Waals surface area contributed by atoms with E-state index in [1.165, 1.54) is 4.88 Å². The zero-order valence-electron chi connectivity index (χ0n) is 7.84. The van der Waals surface area contributed by atoms with Gasteiger partial charge in [0.1, 0.15) is 6.04 Å². The van der Waals surface area contributed by atoms with Gasteiger partial charge in [-0.1, -0.05) is 0 Å². The normalized spacial score (nSPS) is 12.9. The predicted octanol–water partition coefficient (Wildman–Crippen LogP) is 2.95. The van der Waals surface area contributed by atoms with E-state index in [1.807, 2.05) is 32.0 Å². The Bertz CT molecular complexity index is 318. The molecule has 1 atom stereocenters. The number of halogens is 1. The molecule has 0 aliphatic heterocycles. The van der Waals surface area contributed by atoms with Gasteiger partial charge in [0.05, 0.1) is 6.07 Å². The summed E-state index contributed by atoms with van der Waals surface area (Å²) < 4.78 is 1.09. The van der Waals surface area contributed by atoms with Crippen molar-refractivity contribution in [3.8, 4) is 6.07 Å². The number of nitrogens with zero attached hydrogens (tertiary/aromatic N) is 2. The van der Waals surface area contributed by atoms with E-state index in [-0.39, 0.29) is 6.04 Å². The van der Waals surface area contributed by atoms with E-state index < -0.39 is 0 Å². The third-order valence-electron chi connectivity index (χ3n) is 1.78. The Kier molecular flexibility index (Phi) is 3.48. The summed E-state index contributed by atoms with van der Waals surface area (Å²) >= 11 is 5.11. The highest BCUT2D eigenvalue weighted by molar-refractivity contribution is 9.10. The fourth-order valence-electron chi connectivity index (χ4n) is 1.05. The van der Waals surface area contributed by atoms with Gasteiger partial charge in [-0.3, -0.25) is 4.90 Å². The average molecular weight is 259 g/mol. The first-order chi connectivity index (χ1) is 6.06. The van der Waals surface area contributed by atoms with Crippen LogP contribution in [0.1, 0.15) is 15.8 Å². The second-order valence-electron chi connectivity index (χ2n) is 3.05. The van der Waals surface area contributed by atoms with Crippen LogP contribution >= 0.6 is 27.3 Å². The second-order valence-corrected chi connectivity index (χ2v) is 5.19. The minimum atomic E-state index is -0.130. The lowest BCUT2D eigenvalue weighted by Crippen LogP contribution is -2.16. The van der Waals surface area contributed by atoms with Crippen molar-refractivity contribution in [1.82, 2.24) is 4.90 Å². The van der Waals surface area contributed by atoms with Gasteiger partial charge < -0.3 is 0 Å². The third-order valence-corrected chi connectivity index (χ3v) is 3.97. The van der Waals surface area contributed by atoms with Crippen LogP contribution in [0.2, 0.25) is 0 Å². The van der Waals surface area contributed by atoms with Crippen molar-refractivity contribution < 1.29 is 0 Å². The lowest BCUT2D eigenvalue weighted by molar-refractivity contribution is 0.362. The van der Waals surface area contributed by atoms with E-state index in [0.717, 1.165) is 9.35 Å². The van der Waals surface area contributed by atoms with Gasteiger partial charge in [0.25, 0.3) is 0 Å². The second kappa shape index (κ2) is 4.23. The molecule has 4 heteroatoms. The maximum atomic E-state index is 8.95. The summed E-state index contributed by atoms with van der Waals surface area (Å²) in [5, 5.41) is 8.95. The molecule has 1 aromatic rings. The highest BCUT2D eigenvalue weighted by atomic mass is 79.9. The Hall–Kier alpha value is -0.370. The summed E-state index contributed by atoms with van der Waals surface area (Å²) in [6.45, 7) is 2.04. The van der Waals surface area contributed by atoms with Crippen molar-refractivity contribution in [3.05, 3.63) is 20.3 Å². The molecule has 0 radical (unpaired) electrons. The van der Waals surface area contributed by atoms with Gasteiger partial charge >= 0.3 is 0 Å². The van der Waals surface area contributed by atoms with Gasteiger partial charge in [0.15, 0.2) is 0 Å². The average Bonchev–Trinajstić information content (AvgIpc) is 2.32. The van der Waals surface area contributed by atoms with Crippen molar-refractivity contribution in [1.29, 1.82) is 5.26 Å². The standard InChI is InChI=1S/C9H11BrN2S/c1-6-7(10)4-9(13-6)8(5-11)12(2)3/h4,8H,1-3H3. The summed E-state index contributed by atoms with van der Waals surface area (Å²) in [5.74, 6) is 0. The van der Waals surface area contributed by atoms with Gasteiger partial charge in [-0.2, -0.15) is 5.26 Å². The van der Waals surface area contributed by atoms with Crippen molar-refractivity contribution in [2.24, 2.45) is 0 Å². The van der Waals surface area contributed by atoms with Crippen LogP contribution in [0.4, 0.5) is 0 Å². The molecule has 0 saturated carbocycles. The van der Waals surface area contributed by atoms with E-state index in [9.17, 15) is 0 Å². The van der Waals surface area contributed by atoms with E-state index in [2.05, 4.69) is 22.0 Å². The first kappa shape index (κ1) is 10.7. The molecule has 1 rings (SSSR count). The van der Waals surface area contributed by atoms with Crippen molar-refractivity contribution in [2.75, 3.05) is 14.1 Å². The number of rotatable bonds is 2. The van der Waals surface area contributed by atoms with Crippen LogP contribution < -0.4 is 0 Å². The Morgan fingerprint density at radius 2 is 2.23 bits per heavy atom. The molecule has 0 fully saturated rings. The van der Waals surface area contributed by atoms with E-state index in [4.69, 9.17) is 5.26 Å². The molecule has 1 heterocycles. The first-order valence-electron chi connectivity index (χ1n) is 3.88. The summed E-state index contributed by atoms with van der Waals surface area (Å²) in [7, 11) is 3.83. The number of aryl methyl sites for hydroxylation is 1. The van der Waals surface area contributed by atoms with Crippen LogP contribution in [0, 0.1) is 18.3 Å². The highest BCUT2D eigenvalue weighted by Gasteiger charge is 2.16. The van der Waals surface area contributed by atoms with Gasteiger partial charge in [-0.15, -0.1) is 11.3 Å². The van der Waals surface area contributed by atoms with E-state index in [1.54, 1.807) is 11.3 Å². The molecule has 0 aliphatic carbocycles.